The second-order valence-electron chi connectivity index (χ2n) is 5.96. The van der Waals surface area contributed by atoms with Gasteiger partial charge in [0.15, 0.2) is 0 Å². The molecule has 2 N–H and O–H groups in total. The molecule has 0 unspecified atom stereocenters. The van der Waals surface area contributed by atoms with E-state index in [1.165, 1.54) is 17.4 Å². The fourth-order valence-electron chi connectivity index (χ4n) is 1.83. The van der Waals surface area contributed by atoms with Crippen LogP contribution in [0.15, 0.2) is 23.6 Å². The number of thiazole rings is 1. The van der Waals surface area contributed by atoms with E-state index in [0.717, 1.165) is 22.8 Å². The number of aromatic nitrogens is 1. The van der Waals surface area contributed by atoms with E-state index in [-0.39, 0.29) is 11.1 Å². The second kappa shape index (κ2) is 5.33. The summed E-state index contributed by atoms with van der Waals surface area (Å²) in [6.45, 7) is 6.20. The maximum atomic E-state index is 12.6. The van der Waals surface area contributed by atoms with Gasteiger partial charge in [-0.2, -0.15) is 13.2 Å². The molecule has 2 aromatic rings. The molecule has 0 spiro atoms. The highest BCUT2D eigenvalue weighted by Crippen LogP contribution is 2.32. The summed E-state index contributed by atoms with van der Waals surface area (Å²) in [6.07, 6.45) is -3.92. The highest BCUT2D eigenvalue weighted by atomic mass is 32.1. The van der Waals surface area contributed by atoms with Crippen molar-refractivity contribution in [2.24, 2.45) is 0 Å². The maximum Gasteiger partial charge on any atom is 0.416 e. The van der Waals surface area contributed by atoms with Crippen LogP contribution in [0.3, 0.4) is 0 Å². The average molecular weight is 314 g/mol. The predicted octanol–water partition coefficient (Wildman–Crippen LogP) is 4.63. The van der Waals surface area contributed by atoms with E-state index in [4.69, 9.17) is 5.73 Å². The van der Waals surface area contributed by atoms with Gasteiger partial charge in [-0.1, -0.05) is 26.8 Å². The third-order valence-electron chi connectivity index (χ3n) is 3.14. The third kappa shape index (κ3) is 3.75. The van der Waals surface area contributed by atoms with Crippen molar-refractivity contribution in [2.45, 2.75) is 38.8 Å². The lowest BCUT2D eigenvalue weighted by atomic mass is 9.93. The van der Waals surface area contributed by atoms with Gasteiger partial charge in [-0.05, 0) is 17.7 Å². The van der Waals surface area contributed by atoms with Crippen LogP contribution < -0.4 is 5.73 Å². The van der Waals surface area contributed by atoms with Gasteiger partial charge in [0.1, 0.15) is 0 Å². The Morgan fingerprint density at radius 2 is 1.86 bits per heavy atom. The number of nitrogens with zero attached hydrogens (tertiary/aromatic N) is 1. The molecule has 0 saturated carbocycles. The Balaban J connectivity index is 2.23. The molecular formula is C15H17F3N2S. The molecule has 0 bridgehead atoms. The number of hydrogen-bond acceptors (Lipinski definition) is 3. The largest absolute Gasteiger partial charge is 0.416 e. The van der Waals surface area contributed by atoms with E-state index < -0.39 is 11.7 Å². The Hall–Kier alpha value is -1.56. The van der Waals surface area contributed by atoms with Crippen molar-refractivity contribution in [3.8, 4) is 0 Å². The number of anilines is 1. The van der Waals surface area contributed by atoms with Crippen LogP contribution >= 0.6 is 11.3 Å². The van der Waals surface area contributed by atoms with Gasteiger partial charge in [0, 0.05) is 22.9 Å². The minimum Gasteiger partial charge on any atom is -0.398 e. The van der Waals surface area contributed by atoms with Gasteiger partial charge in [-0.3, -0.25) is 0 Å². The summed E-state index contributed by atoms with van der Waals surface area (Å²) in [7, 11) is 0. The smallest absolute Gasteiger partial charge is 0.398 e. The molecule has 2 rings (SSSR count). The van der Waals surface area contributed by atoms with Crippen molar-refractivity contribution in [3.63, 3.8) is 0 Å². The molecule has 1 heterocycles. The summed E-state index contributed by atoms with van der Waals surface area (Å²) in [5, 5.41) is 2.83. The Morgan fingerprint density at radius 1 is 1.19 bits per heavy atom. The molecule has 0 fully saturated rings. The number of alkyl halides is 3. The second-order valence-corrected chi connectivity index (χ2v) is 6.91. The first-order valence-electron chi connectivity index (χ1n) is 6.48. The minimum atomic E-state index is -4.37. The Kier molecular flexibility index (Phi) is 4.02. The number of rotatable bonds is 2. The summed E-state index contributed by atoms with van der Waals surface area (Å²) in [4.78, 5) is 4.53. The molecule has 6 heteroatoms. The van der Waals surface area contributed by atoms with Gasteiger partial charge < -0.3 is 5.73 Å². The highest BCUT2D eigenvalue weighted by Gasteiger charge is 2.30. The summed E-state index contributed by atoms with van der Waals surface area (Å²) in [6, 6.07) is 3.47. The molecule has 21 heavy (non-hydrogen) atoms. The molecule has 2 nitrogen and oxygen atoms in total. The van der Waals surface area contributed by atoms with E-state index >= 15 is 0 Å². The van der Waals surface area contributed by atoms with E-state index in [1.54, 1.807) is 0 Å². The first-order chi connectivity index (χ1) is 9.57. The molecule has 0 atom stereocenters. The lowest BCUT2D eigenvalue weighted by Crippen LogP contribution is -2.11. The SMILES string of the molecule is CC(C)(C)c1csc(Cc2ccc(C(F)(F)F)cc2N)n1. The number of nitrogen functional groups attached to an aromatic ring is 1. The van der Waals surface area contributed by atoms with Crippen LogP contribution in [0.2, 0.25) is 0 Å². The average Bonchev–Trinajstić information content (AvgIpc) is 2.78. The zero-order chi connectivity index (χ0) is 15.8. The number of benzene rings is 1. The van der Waals surface area contributed by atoms with Crippen LogP contribution in [0.4, 0.5) is 18.9 Å². The first kappa shape index (κ1) is 15.8. The van der Waals surface area contributed by atoms with Crippen molar-refractivity contribution in [3.05, 3.63) is 45.4 Å². The van der Waals surface area contributed by atoms with Crippen LogP contribution in [0.25, 0.3) is 0 Å². The van der Waals surface area contributed by atoms with Crippen molar-refractivity contribution in [1.29, 1.82) is 0 Å². The van der Waals surface area contributed by atoms with Gasteiger partial charge >= 0.3 is 6.18 Å². The quantitative estimate of drug-likeness (QED) is 0.821. The standard InChI is InChI=1S/C15H17F3N2S/c1-14(2,3)12-8-21-13(20-12)6-9-4-5-10(7-11(9)19)15(16,17)18/h4-5,7-8H,6,19H2,1-3H3. The molecule has 0 aliphatic carbocycles. The lowest BCUT2D eigenvalue weighted by molar-refractivity contribution is -0.137. The molecule has 1 aromatic carbocycles. The minimum absolute atomic E-state index is 0.0412. The van der Waals surface area contributed by atoms with Crippen LogP contribution in [-0.2, 0) is 18.0 Å². The van der Waals surface area contributed by atoms with E-state index in [9.17, 15) is 13.2 Å². The molecule has 0 aliphatic rings. The Labute approximate surface area is 125 Å². The zero-order valence-electron chi connectivity index (χ0n) is 12.1. The summed E-state index contributed by atoms with van der Waals surface area (Å²) >= 11 is 1.50. The Bertz CT molecular complexity index is 639. The Morgan fingerprint density at radius 3 is 2.33 bits per heavy atom. The number of halogens is 3. The molecule has 114 valence electrons. The third-order valence-corrected chi connectivity index (χ3v) is 3.98. The fourth-order valence-corrected chi connectivity index (χ4v) is 2.88. The summed E-state index contributed by atoms with van der Waals surface area (Å²) in [5.41, 5.74) is 6.76. The van der Waals surface area contributed by atoms with Gasteiger partial charge in [0.2, 0.25) is 0 Å². The molecule has 0 amide bonds. The first-order valence-corrected chi connectivity index (χ1v) is 7.36. The molecule has 0 aliphatic heterocycles. The van der Waals surface area contributed by atoms with Crippen LogP contribution in [0.5, 0.6) is 0 Å². The van der Waals surface area contributed by atoms with E-state index in [1.807, 2.05) is 5.38 Å². The van der Waals surface area contributed by atoms with Gasteiger partial charge in [0.05, 0.1) is 16.3 Å². The van der Waals surface area contributed by atoms with Crippen molar-refractivity contribution >= 4 is 17.0 Å². The van der Waals surface area contributed by atoms with Crippen molar-refractivity contribution in [1.82, 2.24) is 4.98 Å². The monoisotopic (exact) mass is 314 g/mol. The lowest BCUT2D eigenvalue weighted by Gasteiger charge is -2.14. The van der Waals surface area contributed by atoms with E-state index in [2.05, 4.69) is 25.8 Å². The summed E-state index contributed by atoms with van der Waals surface area (Å²) in [5.74, 6) is 0. The molecule has 0 radical (unpaired) electrons. The van der Waals surface area contributed by atoms with Gasteiger partial charge in [0.25, 0.3) is 0 Å². The van der Waals surface area contributed by atoms with Gasteiger partial charge in [-0.25, -0.2) is 4.98 Å². The predicted molar refractivity (Wildman–Crippen MR) is 79.5 cm³/mol. The normalized spacial score (nSPS) is 12.7. The number of hydrogen-bond donors (Lipinski definition) is 1. The van der Waals surface area contributed by atoms with Crippen LogP contribution in [0, 0.1) is 0 Å². The highest BCUT2D eigenvalue weighted by molar-refractivity contribution is 7.09. The van der Waals surface area contributed by atoms with Crippen LogP contribution in [0.1, 0.15) is 42.6 Å². The molecule has 1 aromatic heterocycles. The van der Waals surface area contributed by atoms with Crippen molar-refractivity contribution in [2.75, 3.05) is 5.73 Å². The van der Waals surface area contributed by atoms with Gasteiger partial charge in [-0.15, -0.1) is 11.3 Å². The zero-order valence-corrected chi connectivity index (χ0v) is 12.9. The summed E-state index contributed by atoms with van der Waals surface area (Å²) < 4.78 is 37.8. The molecular weight excluding hydrogens is 297 g/mol. The topological polar surface area (TPSA) is 38.9 Å². The fraction of sp³-hybridized carbons (Fsp3) is 0.400. The van der Waals surface area contributed by atoms with Crippen molar-refractivity contribution < 1.29 is 13.2 Å². The molecule has 0 saturated heterocycles. The van der Waals surface area contributed by atoms with Crippen LogP contribution in [-0.4, -0.2) is 4.98 Å². The number of nitrogens with two attached hydrogens (primary N) is 1. The van der Waals surface area contributed by atoms with E-state index in [0.29, 0.717) is 12.0 Å². The maximum absolute atomic E-state index is 12.6.